The van der Waals surface area contributed by atoms with Crippen molar-refractivity contribution < 1.29 is 13.7 Å². The smallest absolute Gasteiger partial charge is 0.274 e. The molecule has 6 heteroatoms. The Balaban J connectivity index is 2.22. The van der Waals surface area contributed by atoms with Crippen LogP contribution in [0, 0.1) is 5.92 Å². The summed E-state index contributed by atoms with van der Waals surface area (Å²) >= 11 is 0. The maximum Gasteiger partial charge on any atom is 0.274 e. The van der Waals surface area contributed by atoms with E-state index in [1.807, 2.05) is 0 Å². The van der Waals surface area contributed by atoms with E-state index in [-0.39, 0.29) is 0 Å². The van der Waals surface area contributed by atoms with Crippen LogP contribution in [0.1, 0.15) is 12.8 Å². The average molecular weight is 194 g/mol. The molecular formula is C6H16N3O2S+. The van der Waals surface area contributed by atoms with Gasteiger partial charge in [0.1, 0.15) is 0 Å². The van der Waals surface area contributed by atoms with Crippen molar-refractivity contribution in [3.8, 4) is 0 Å². The molecule has 0 atom stereocenters. The van der Waals surface area contributed by atoms with Gasteiger partial charge >= 0.3 is 0 Å². The van der Waals surface area contributed by atoms with Gasteiger partial charge in [0, 0.05) is 19.4 Å². The average Bonchev–Trinajstić information content (AvgIpc) is 2.02. The van der Waals surface area contributed by atoms with Gasteiger partial charge in [0.25, 0.3) is 10.2 Å². The number of piperidine rings is 1. The number of quaternary nitrogens is 1. The summed E-state index contributed by atoms with van der Waals surface area (Å²) in [6, 6.07) is 0. The molecule has 0 radical (unpaired) electrons. The maximum atomic E-state index is 10.5. The van der Waals surface area contributed by atoms with E-state index in [0.29, 0.717) is 12.5 Å². The van der Waals surface area contributed by atoms with Crippen LogP contribution >= 0.6 is 0 Å². The highest BCUT2D eigenvalue weighted by Gasteiger charge is 2.16. The molecule has 5 N–H and O–H groups in total. The SMILES string of the molecule is NS(=O)(=O)NCC1CC[NH2+]CC1. The van der Waals surface area contributed by atoms with Crippen LogP contribution in [0.3, 0.4) is 0 Å². The van der Waals surface area contributed by atoms with Crippen molar-refractivity contribution in [2.24, 2.45) is 11.1 Å². The molecule has 5 nitrogen and oxygen atoms in total. The fraction of sp³-hybridized carbons (Fsp3) is 1.00. The van der Waals surface area contributed by atoms with E-state index in [1.165, 1.54) is 0 Å². The predicted molar refractivity (Wildman–Crippen MR) is 45.5 cm³/mol. The molecular weight excluding hydrogens is 178 g/mol. The first-order valence-electron chi connectivity index (χ1n) is 4.17. The van der Waals surface area contributed by atoms with Gasteiger partial charge in [0.15, 0.2) is 0 Å². The van der Waals surface area contributed by atoms with E-state index < -0.39 is 10.2 Å². The second kappa shape index (κ2) is 4.18. The van der Waals surface area contributed by atoms with Gasteiger partial charge in [-0.1, -0.05) is 0 Å². The standard InChI is InChI=1S/C6H15N3O2S/c7-12(10,11)9-5-6-1-3-8-4-2-6/h6,8-9H,1-5H2,(H2,7,10,11)/p+1. The lowest BCUT2D eigenvalue weighted by Gasteiger charge is -2.19. The van der Waals surface area contributed by atoms with Gasteiger partial charge in [-0.2, -0.15) is 8.42 Å². The summed E-state index contributed by atoms with van der Waals surface area (Å²) in [4.78, 5) is 0. The molecule has 0 aromatic rings. The lowest BCUT2D eigenvalue weighted by Crippen LogP contribution is -2.86. The molecule has 1 heterocycles. The minimum Gasteiger partial charge on any atom is -0.346 e. The van der Waals surface area contributed by atoms with E-state index in [4.69, 9.17) is 5.14 Å². The Morgan fingerprint density at radius 1 is 1.42 bits per heavy atom. The summed E-state index contributed by atoms with van der Waals surface area (Å²) in [7, 11) is -3.48. The molecule has 72 valence electrons. The summed E-state index contributed by atoms with van der Waals surface area (Å²) in [6.45, 7) is 2.68. The Hall–Kier alpha value is -0.170. The van der Waals surface area contributed by atoms with E-state index in [0.717, 1.165) is 25.9 Å². The fourth-order valence-electron chi connectivity index (χ4n) is 1.43. The second-order valence-electron chi connectivity index (χ2n) is 3.20. The van der Waals surface area contributed by atoms with E-state index in [9.17, 15) is 8.42 Å². The third-order valence-corrected chi connectivity index (χ3v) is 2.70. The van der Waals surface area contributed by atoms with Crippen LogP contribution in [-0.4, -0.2) is 28.1 Å². The van der Waals surface area contributed by atoms with E-state index in [2.05, 4.69) is 10.0 Å². The van der Waals surface area contributed by atoms with E-state index in [1.54, 1.807) is 0 Å². The summed E-state index contributed by atoms with van der Waals surface area (Å²) in [5, 5.41) is 7.05. The fourth-order valence-corrected chi connectivity index (χ4v) is 1.90. The van der Waals surface area contributed by atoms with Crippen LogP contribution < -0.4 is 15.2 Å². The first-order chi connectivity index (χ1) is 5.58. The predicted octanol–water partition coefficient (Wildman–Crippen LogP) is -2.25. The quantitative estimate of drug-likeness (QED) is 0.474. The molecule has 1 aliphatic rings. The number of hydrogen-bond acceptors (Lipinski definition) is 2. The van der Waals surface area contributed by atoms with Crippen LogP contribution in [0.15, 0.2) is 0 Å². The van der Waals surface area contributed by atoms with Crippen LogP contribution in [0.4, 0.5) is 0 Å². The largest absolute Gasteiger partial charge is 0.346 e. The van der Waals surface area contributed by atoms with Crippen molar-refractivity contribution in [3.05, 3.63) is 0 Å². The van der Waals surface area contributed by atoms with Gasteiger partial charge < -0.3 is 5.32 Å². The molecule has 1 saturated heterocycles. The van der Waals surface area contributed by atoms with Gasteiger partial charge in [-0.05, 0) is 5.92 Å². The first-order valence-corrected chi connectivity index (χ1v) is 5.71. The minimum atomic E-state index is -3.48. The topological polar surface area (TPSA) is 88.8 Å². The zero-order valence-electron chi connectivity index (χ0n) is 6.99. The molecule has 0 saturated carbocycles. The van der Waals surface area contributed by atoms with Gasteiger partial charge in [0.2, 0.25) is 0 Å². The summed E-state index contributed by atoms with van der Waals surface area (Å²) in [6.07, 6.45) is 2.14. The number of nitrogens with two attached hydrogens (primary N) is 2. The van der Waals surface area contributed by atoms with Crippen molar-refractivity contribution in [1.29, 1.82) is 0 Å². The van der Waals surface area contributed by atoms with Crippen molar-refractivity contribution in [2.75, 3.05) is 19.6 Å². The Labute approximate surface area is 72.9 Å². The monoisotopic (exact) mass is 194 g/mol. The molecule has 1 fully saturated rings. The molecule has 0 unspecified atom stereocenters. The second-order valence-corrected chi connectivity index (χ2v) is 4.58. The van der Waals surface area contributed by atoms with Gasteiger partial charge in [-0.15, -0.1) is 0 Å². The molecule has 1 rings (SSSR count). The first kappa shape index (κ1) is 9.91. The highest BCUT2D eigenvalue weighted by atomic mass is 32.2. The lowest BCUT2D eigenvalue weighted by atomic mass is 9.99. The van der Waals surface area contributed by atoms with Crippen molar-refractivity contribution in [1.82, 2.24) is 4.72 Å². The van der Waals surface area contributed by atoms with Crippen LogP contribution in [0.2, 0.25) is 0 Å². The van der Waals surface area contributed by atoms with Gasteiger partial charge in [-0.3, -0.25) is 0 Å². The molecule has 0 bridgehead atoms. The highest BCUT2D eigenvalue weighted by Crippen LogP contribution is 2.06. The van der Waals surface area contributed by atoms with Crippen molar-refractivity contribution >= 4 is 10.2 Å². The lowest BCUT2D eigenvalue weighted by molar-refractivity contribution is -0.664. The molecule has 12 heavy (non-hydrogen) atoms. The third-order valence-electron chi connectivity index (χ3n) is 2.13. The van der Waals surface area contributed by atoms with Gasteiger partial charge in [-0.25, -0.2) is 9.86 Å². The molecule has 1 aliphatic heterocycles. The number of nitrogens with one attached hydrogen (secondary N) is 1. The van der Waals surface area contributed by atoms with Crippen LogP contribution in [0.25, 0.3) is 0 Å². The zero-order valence-corrected chi connectivity index (χ0v) is 7.81. The molecule has 0 aliphatic carbocycles. The molecule has 0 aromatic carbocycles. The maximum absolute atomic E-state index is 10.5. The van der Waals surface area contributed by atoms with Crippen LogP contribution in [-0.2, 0) is 10.2 Å². The Bertz CT molecular complexity index is 221. The minimum absolute atomic E-state index is 0.466. The van der Waals surface area contributed by atoms with Crippen molar-refractivity contribution in [3.63, 3.8) is 0 Å². The summed E-state index contributed by atoms with van der Waals surface area (Å²) < 4.78 is 23.4. The van der Waals surface area contributed by atoms with Crippen LogP contribution in [0.5, 0.6) is 0 Å². The summed E-state index contributed by atoms with van der Waals surface area (Å²) in [5.41, 5.74) is 0. The number of hydrogen-bond donors (Lipinski definition) is 3. The van der Waals surface area contributed by atoms with Crippen molar-refractivity contribution in [2.45, 2.75) is 12.8 Å². The van der Waals surface area contributed by atoms with Gasteiger partial charge in [0.05, 0.1) is 13.1 Å². The zero-order chi connectivity index (χ0) is 9.03. The summed E-state index contributed by atoms with van der Waals surface area (Å²) in [5.74, 6) is 0.466. The Morgan fingerprint density at radius 3 is 2.50 bits per heavy atom. The Morgan fingerprint density at radius 2 is 2.00 bits per heavy atom. The molecule has 0 amide bonds. The van der Waals surface area contributed by atoms with E-state index >= 15 is 0 Å². The highest BCUT2D eigenvalue weighted by molar-refractivity contribution is 7.87. The number of rotatable bonds is 3. The normalized spacial score (nSPS) is 21.1. The molecule has 0 aromatic heterocycles. The Kier molecular flexibility index (Phi) is 3.45. The molecule has 0 spiro atoms. The third kappa shape index (κ3) is 4.01.